The van der Waals surface area contributed by atoms with Gasteiger partial charge in [-0.1, -0.05) is 0 Å². The molecule has 2 nitrogen and oxygen atoms in total. The maximum atomic E-state index is 11.4. The van der Waals surface area contributed by atoms with Gasteiger partial charge in [-0.25, -0.2) is 0 Å². The van der Waals surface area contributed by atoms with Crippen molar-refractivity contribution in [3.63, 3.8) is 0 Å². The Kier molecular flexibility index (Phi) is 19.1. The van der Waals surface area contributed by atoms with E-state index in [-0.39, 0.29) is 4.12 Å². The van der Waals surface area contributed by atoms with Gasteiger partial charge in [-0.3, -0.25) is 0 Å². The molecule has 6 heteroatoms. The van der Waals surface area contributed by atoms with E-state index in [1.165, 1.54) is 51.8 Å². The molecule has 186 valence electrons. The molecule has 2 unspecified atom stereocenters. The number of carbonyl (C=O) groups excluding carboxylic acids is 1. The van der Waals surface area contributed by atoms with Crippen molar-refractivity contribution in [2.75, 3.05) is 6.26 Å². The fourth-order valence-electron chi connectivity index (χ4n) is 4.58. The van der Waals surface area contributed by atoms with Crippen LogP contribution in [-0.2, 0) is 9.53 Å². The van der Waals surface area contributed by atoms with Crippen LogP contribution in [-0.4, -0.2) is 47.5 Å². The zero-order valence-corrected chi connectivity index (χ0v) is 27.5. The first-order valence-corrected chi connectivity index (χ1v) is 25.7. The van der Waals surface area contributed by atoms with Gasteiger partial charge in [0.2, 0.25) is 0 Å². The number of hydrogen-bond acceptors (Lipinski definition) is 4. The Morgan fingerprint density at radius 1 is 1.03 bits per heavy atom. The average molecular weight is 606 g/mol. The Morgan fingerprint density at radius 3 is 1.97 bits per heavy atom. The van der Waals surface area contributed by atoms with Crippen molar-refractivity contribution in [1.82, 2.24) is 0 Å². The number of thiocarbonyl (C=S) groups is 1. The van der Waals surface area contributed by atoms with Gasteiger partial charge in [0, 0.05) is 0 Å². The van der Waals surface area contributed by atoms with Crippen molar-refractivity contribution in [1.29, 1.82) is 0 Å². The molecule has 0 aliphatic heterocycles. The van der Waals surface area contributed by atoms with Gasteiger partial charge < -0.3 is 0 Å². The summed E-state index contributed by atoms with van der Waals surface area (Å²) in [5, 5.41) is 0. The van der Waals surface area contributed by atoms with Crippen LogP contribution in [0.3, 0.4) is 0 Å². The number of aldehydes is 1. The fourth-order valence-corrected chi connectivity index (χ4v) is 24.5. The van der Waals surface area contributed by atoms with Crippen LogP contribution in [0.5, 0.6) is 0 Å². The molecule has 0 rings (SSSR count). The summed E-state index contributed by atoms with van der Waals surface area (Å²) in [4.78, 5) is 11.4. The molecule has 0 aliphatic carbocycles. The van der Waals surface area contributed by atoms with Gasteiger partial charge in [-0.05, 0) is 0 Å². The number of rotatable bonds is 17. The first-order chi connectivity index (χ1) is 15.2. The molecule has 0 heterocycles. The third kappa shape index (κ3) is 14.0. The molecule has 0 radical (unpaired) electrons. The Morgan fingerprint density at radius 2 is 1.56 bits per heavy atom. The molecule has 0 aromatic heterocycles. The van der Waals surface area contributed by atoms with Crippen LogP contribution in [0.2, 0.25) is 33.0 Å². The van der Waals surface area contributed by atoms with E-state index in [1.54, 1.807) is 11.8 Å². The van der Waals surface area contributed by atoms with Gasteiger partial charge in [-0.15, -0.1) is 0 Å². The molecule has 0 aliphatic rings. The number of ether oxygens (including phenoxy) is 1. The summed E-state index contributed by atoms with van der Waals surface area (Å²) in [5.41, 5.74) is 3.53. The van der Waals surface area contributed by atoms with Crippen molar-refractivity contribution in [3.05, 3.63) is 0 Å². The van der Waals surface area contributed by atoms with Crippen molar-refractivity contribution >= 4 is 61.1 Å². The third-order valence-corrected chi connectivity index (χ3v) is 24.9. The SMILES string of the molecule is CCC[CH2][Sn]([CH2]CCC)([CH2]CCC)[CH](OC(=S)SC)C(CCC#C[Si](C)(C)C)CCC=O. The Labute approximate surface area is 215 Å². The van der Waals surface area contributed by atoms with E-state index >= 15 is 0 Å². The van der Waals surface area contributed by atoms with Crippen molar-refractivity contribution in [2.24, 2.45) is 5.92 Å². The van der Waals surface area contributed by atoms with E-state index < -0.39 is 26.5 Å². The number of unbranched alkanes of at least 4 members (excludes halogenated alkanes) is 3. The van der Waals surface area contributed by atoms with Crippen molar-refractivity contribution in [3.8, 4) is 11.5 Å². The van der Waals surface area contributed by atoms with E-state index in [0.717, 1.165) is 25.5 Å². The van der Waals surface area contributed by atoms with Crippen molar-refractivity contribution < 1.29 is 9.53 Å². The topological polar surface area (TPSA) is 26.3 Å². The van der Waals surface area contributed by atoms with E-state index in [4.69, 9.17) is 17.0 Å². The maximum absolute atomic E-state index is 11.4. The molecule has 0 amide bonds. The minimum atomic E-state index is -2.72. The van der Waals surface area contributed by atoms with Crippen LogP contribution in [0.25, 0.3) is 0 Å². The molecule has 0 saturated heterocycles. The normalized spacial score (nSPS) is 13.7. The van der Waals surface area contributed by atoms with Crippen LogP contribution in [0, 0.1) is 17.4 Å². The molecular weight excluding hydrogens is 555 g/mol. The molecular formula is C26H50O2S2SiSn. The quantitative estimate of drug-likeness (QED) is 0.0718. The van der Waals surface area contributed by atoms with Crippen LogP contribution in [0.4, 0.5) is 0 Å². The second-order valence-corrected chi connectivity index (χ2v) is 30.1. The number of carbonyl (C=O) groups is 1. The molecule has 2 atom stereocenters. The molecule has 0 N–H and O–H groups in total. The Bertz CT molecular complexity index is 559. The summed E-state index contributed by atoms with van der Waals surface area (Å²) in [6.45, 7) is 13.8. The fraction of sp³-hybridized carbons (Fsp3) is 0.846. The van der Waals surface area contributed by atoms with E-state index in [0.29, 0.717) is 16.7 Å². The molecule has 0 bridgehead atoms. The number of thioether (sulfide) groups is 1. The summed E-state index contributed by atoms with van der Waals surface area (Å²) < 4.78 is 11.9. The first kappa shape index (κ1) is 32.5. The predicted molar refractivity (Wildman–Crippen MR) is 155 cm³/mol. The minimum absolute atomic E-state index is 0.280. The monoisotopic (exact) mass is 606 g/mol. The summed E-state index contributed by atoms with van der Waals surface area (Å²) >= 11 is 4.48. The second kappa shape index (κ2) is 18.8. The van der Waals surface area contributed by atoms with Gasteiger partial charge >= 0.3 is 216 Å². The summed E-state index contributed by atoms with van der Waals surface area (Å²) in [7, 11) is -1.36. The van der Waals surface area contributed by atoms with Gasteiger partial charge in [0.25, 0.3) is 0 Å². The van der Waals surface area contributed by atoms with Crippen LogP contribution >= 0.6 is 24.0 Å². The summed E-state index contributed by atoms with van der Waals surface area (Å²) in [6.07, 6.45) is 14.3. The molecule has 0 saturated carbocycles. The predicted octanol–water partition coefficient (Wildman–Crippen LogP) is 8.66. The summed E-state index contributed by atoms with van der Waals surface area (Å²) in [5.74, 6) is 3.89. The standard InChI is InChI=1S/C14H23O2S2Si.3C4H9.Sn/c1-18-14(17)16-12-13(9-7-10-15)8-5-6-11-19(2,3)4;3*1-3-4-2;/h10,12-13H,5,7-9H2,1-4H3;3*1,3-4H2,2H3;. The van der Waals surface area contributed by atoms with E-state index in [1.807, 2.05) is 6.26 Å². The Balaban J connectivity index is 6.16. The molecule has 0 spiro atoms. The third-order valence-electron chi connectivity index (χ3n) is 6.27. The molecule has 0 aromatic carbocycles. The van der Waals surface area contributed by atoms with E-state index in [9.17, 15) is 4.79 Å². The molecule has 32 heavy (non-hydrogen) atoms. The first-order valence-electron chi connectivity index (χ1n) is 12.9. The zero-order valence-electron chi connectivity index (χ0n) is 22.1. The summed E-state index contributed by atoms with van der Waals surface area (Å²) in [6, 6.07) is 0. The van der Waals surface area contributed by atoms with Crippen LogP contribution in [0.15, 0.2) is 0 Å². The van der Waals surface area contributed by atoms with Gasteiger partial charge in [-0.2, -0.15) is 0 Å². The van der Waals surface area contributed by atoms with Gasteiger partial charge in [0.05, 0.1) is 0 Å². The van der Waals surface area contributed by atoms with Gasteiger partial charge in [0.1, 0.15) is 0 Å². The van der Waals surface area contributed by atoms with Crippen molar-refractivity contribution in [2.45, 2.75) is 122 Å². The zero-order chi connectivity index (χ0) is 24.5. The molecule has 0 fully saturated rings. The molecule has 0 aromatic rings. The van der Waals surface area contributed by atoms with Gasteiger partial charge in [0.15, 0.2) is 0 Å². The van der Waals surface area contributed by atoms with Crippen LogP contribution in [0.1, 0.15) is 85.0 Å². The average Bonchev–Trinajstić information content (AvgIpc) is 2.76. The Hall–Kier alpha value is 0.486. The second-order valence-electron chi connectivity index (χ2n) is 10.3. The van der Waals surface area contributed by atoms with Crippen LogP contribution < -0.4 is 0 Å². The van der Waals surface area contributed by atoms with E-state index in [2.05, 4.69) is 51.9 Å². The number of hydrogen-bond donors (Lipinski definition) is 0.